The normalized spacial score (nSPS) is 10.8. The molecule has 106 valence electrons. The Hall–Kier alpha value is -2.15. The minimum Gasteiger partial charge on any atom is -0.366 e. The van der Waals surface area contributed by atoms with Crippen LogP contribution in [0.5, 0.6) is 0 Å². The van der Waals surface area contributed by atoms with E-state index in [0.29, 0.717) is 16.3 Å². The second-order valence-electron chi connectivity index (χ2n) is 4.70. The number of carbonyl (C=O) groups excluding carboxylic acids is 2. The predicted molar refractivity (Wildman–Crippen MR) is 78.1 cm³/mol. The van der Waals surface area contributed by atoms with Gasteiger partial charge < -0.3 is 11.1 Å². The van der Waals surface area contributed by atoms with Gasteiger partial charge in [-0.2, -0.15) is 5.10 Å². The standard InChI is InChI=1S/C13H16N4O2S/c1-7(2)10-6-8(11(14)18)13(20-10)16-12(19)9-4-5-15-17(9)3/h4-7H,1-3H3,(H2,14,18)(H,16,19). The topological polar surface area (TPSA) is 90.0 Å². The van der Waals surface area contributed by atoms with Crippen LogP contribution in [0.4, 0.5) is 5.00 Å². The maximum absolute atomic E-state index is 12.1. The summed E-state index contributed by atoms with van der Waals surface area (Å²) >= 11 is 1.36. The minimum atomic E-state index is -0.548. The molecule has 2 aromatic rings. The second kappa shape index (κ2) is 5.46. The molecule has 20 heavy (non-hydrogen) atoms. The molecule has 0 spiro atoms. The molecule has 0 aliphatic carbocycles. The highest BCUT2D eigenvalue weighted by Gasteiger charge is 2.19. The van der Waals surface area contributed by atoms with Crippen molar-refractivity contribution in [2.24, 2.45) is 12.8 Å². The van der Waals surface area contributed by atoms with Crippen molar-refractivity contribution in [3.05, 3.63) is 34.5 Å². The Kier molecular flexibility index (Phi) is 3.89. The van der Waals surface area contributed by atoms with E-state index in [0.717, 1.165) is 4.88 Å². The Balaban J connectivity index is 2.31. The molecule has 2 amide bonds. The molecule has 0 fully saturated rings. The summed E-state index contributed by atoms with van der Waals surface area (Å²) in [5.41, 5.74) is 6.11. The summed E-state index contributed by atoms with van der Waals surface area (Å²) in [5.74, 6) is -0.599. The molecule has 2 rings (SSSR count). The lowest BCUT2D eigenvalue weighted by Crippen LogP contribution is -2.18. The molecule has 0 atom stereocenters. The van der Waals surface area contributed by atoms with Crippen LogP contribution in [0.25, 0.3) is 0 Å². The van der Waals surface area contributed by atoms with Gasteiger partial charge in [0.25, 0.3) is 11.8 Å². The number of anilines is 1. The van der Waals surface area contributed by atoms with Crippen LogP contribution in [0.1, 0.15) is 45.5 Å². The summed E-state index contributed by atoms with van der Waals surface area (Å²) < 4.78 is 1.47. The molecule has 2 aromatic heterocycles. The number of nitrogens with two attached hydrogens (primary N) is 1. The fourth-order valence-corrected chi connectivity index (χ4v) is 2.80. The van der Waals surface area contributed by atoms with Gasteiger partial charge in [0.1, 0.15) is 10.7 Å². The number of aryl methyl sites for hydroxylation is 1. The molecule has 0 saturated heterocycles. The third kappa shape index (κ3) is 2.72. The molecule has 2 heterocycles. The monoisotopic (exact) mass is 292 g/mol. The Bertz CT molecular complexity index is 657. The van der Waals surface area contributed by atoms with Gasteiger partial charge in [0, 0.05) is 18.1 Å². The number of amides is 2. The van der Waals surface area contributed by atoms with E-state index in [4.69, 9.17) is 5.73 Å². The van der Waals surface area contributed by atoms with Crippen LogP contribution in [0.15, 0.2) is 18.3 Å². The third-order valence-electron chi connectivity index (χ3n) is 2.87. The van der Waals surface area contributed by atoms with Crippen molar-refractivity contribution in [1.29, 1.82) is 0 Å². The number of carbonyl (C=O) groups is 2. The van der Waals surface area contributed by atoms with Crippen LogP contribution >= 0.6 is 11.3 Å². The lowest BCUT2D eigenvalue weighted by Gasteiger charge is -2.04. The fraction of sp³-hybridized carbons (Fsp3) is 0.308. The molecule has 0 saturated carbocycles. The fourth-order valence-electron chi connectivity index (χ4n) is 1.73. The zero-order valence-corrected chi connectivity index (χ0v) is 12.3. The van der Waals surface area contributed by atoms with E-state index < -0.39 is 5.91 Å². The van der Waals surface area contributed by atoms with Crippen molar-refractivity contribution in [2.45, 2.75) is 19.8 Å². The first-order valence-corrected chi connectivity index (χ1v) is 6.94. The van der Waals surface area contributed by atoms with Gasteiger partial charge in [0.2, 0.25) is 0 Å². The van der Waals surface area contributed by atoms with Crippen LogP contribution in [-0.2, 0) is 7.05 Å². The number of nitrogens with one attached hydrogen (secondary N) is 1. The molecule has 0 aliphatic heterocycles. The Morgan fingerprint density at radius 3 is 2.65 bits per heavy atom. The summed E-state index contributed by atoms with van der Waals surface area (Å²) in [7, 11) is 1.68. The molecular weight excluding hydrogens is 276 g/mol. The van der Waals surface area contributed by atoms with Crippen LogP contribution in [-0.4, -0.2) is 21.6 Å². The molecule has 0 bridgehead atoms. The van der Waals surface area contributed by atoms with E-state index in [9.17, 15) is 9.59 Å². The van der Waals surface area contributed by atoms with E-state index in [1.807, 2.05) is 13.8 Å². The number of primary amides is 1. The summed E-state index contributed by atoms with van der Waals surface area (Å²) in [6.07, 6.45) is 1.54. The van der Waals surface area contributed by atoms with Crippen molar-refractivity contribution >= 4 is 28.2 Å². The van der Waals surface area contributed by atoms with Crippen LogP contribution in [0.3, 0.4) is 0 Å². The van der Waals surface area contributed by atoms with Crippen molar-refractivity contribution in [2.75, 3.05) is 5.32 Å². The van der Waals surface area contributed by atoms with Crippen molar-refractivity contribution < 1.29 is 9.59 Å². The van der Waals surface area contributed by atoms with Crippen molar-refractivity contribution in [3.8, 4) is 0 Å². The molecule has 0 aromatic carbocycles. The van der Waals surface area contributed by atoms with E-state index >= 15 is 0 Å². The number of thiophene rings is 1. The SMILES string of the molecule is CC(C)c1cc(C(N)=O)c(NC(=O)c2ccnn2C)s1. The number of hydrogen-bond acceptors (Lipinski definition) is 4. The summed E-state index contributed by atoms with van der Waals surface area (Å²) in [6.45, 7) is 4.03. The zero-order valence-electron chi connectivity index (χ0n) is 11.5. The van der Waals surface area contributed by atoms with Gasteiger partial charge in [-0.3, -0.25) is 14.3 Å². The lowest BCUT2D eigenvalue weighted by molar-refractivity contribution is 0.100. The van der Waals surface area contributed by atoms with Crippen molar-refractivity contribution in [3.63, 3.8) is 0 Å². The van der Waals surface area contributed by atoms with Gasteiger partial charge in [0.15, 0.2) is 0 Å². The van der Waals surface area contributed by atoms with Gasteiger partial charge >= 0.3 is 0 Å². The summed E-state index contributed by atoms with van der Waals surface area (Å²) in [5, 5.41) is 7.15. The first-order chi connectivity index (χ1) is 9.40. The van der Waals surface area contributed by atoms with Crippen LogP contribution < -0.4 is 11.1 Å². The summed E-state index contributed by atoms with van der Waals surface area (Å²) in [6, 6.07) is 3.34. The third-order valence-corrected chi connectivity index (χ3v) is 4.22. The highest BCUT2D eigenvalue weighted by molar-refractivity contribution is 7.16. The highest BCUT2D eigenvalue weighted by Crippen LogP contribution is 2.32. The zero-order chi connectivity index (χ0) is 14.9. The van der Waals surface area contributed by atoms with Gasteiger partial charge in [0.05, 0.1) is 5.56 Å². The number of aromatic nitrogens is 2. The molecular formula is C13H16N4O2S. The second-order valence-corrected chi connectivity index (χ2v) is 5.79. The van der Waals surface area contributed by atoms with Gasteiger partial charge in [-0.1, -0.05) is 13.8 Å². The van der Waals surface area contributed by atoms with E-state index in [1.165, 1.54) is 22.2 Å². The molecule has 0 radical (unpaired) electrons. The van der Waals surface area contributed by atoms with Crippen LogP contribution in [0.2, 0.25) is 0 Å². The Morgan fingerprint density at radius 1 is 1.45 bits per heavy atom. The van der Waals surface area contributed by atoms with E-state index in [2.05, 4.69) is 10.4 Å². The predicted octanol–water partition coefficient (Wildman–Crippen LogP) is 1.96. The maximum atomic E-state index is 12.1. The van der Waals surface area contributed by atoms with Crippen LogP contribution in [0, 0.1) is 0 Å². The average Bonchev–Trinajstić information content (AvgIpc) is 2.95. The van der Waals surface area contributed by atoms with E-state index in [1.54, 1.807) is 19.2 Å². The largest absolute Gasteiger partial charge is 0.366 e. The van der Waals surface area contributed by atoms with Gasteiger partial charge in [-0.05, 0) is 18.1 Å². The molecule has 3 N–H and O–H groups in total. The average molecular weight is 292 g/mol. The number of hydrogen-bond donors (Lipinski definition) is 2. The van der Waals surface area contributed by atoms with E-state index in [-0.39, 0.29) is 11.8 Å². The first kappa shape index (κ1) is 14.3. The van der Waals surface area contributed by atoms with Gasteiger partial charge in [-0.15, -0.1) is 11.3 Å². The Morgan fingerprint density at radius 2 is 2.15 bits per heavy atom. The smallest absolute Gasteiger partial charge is 0.274 e. The van der Waals surface area contributed by atoms with Gasteiger partial charge in [-0.25, -0.2) is 0 Å². The summed E-state index contributed by atoms with van der Waals surface area (Å²) in [4.78, 5) is 24.6. The number of nitrogens with zero attached hydrogens (tertiary/aromatic N) is 2. The number of rotatable bonds is 4. The lowest BCUT2D eigenvalue weighted by atomic mass is 10.1. The quantitative estimate of drug-likeness (QED) is 0.902. The molecule has 0 aliphatic rings. The maximum Gasteiger partial charge on any atom is 0.274 e. The minimum absolute atomic E-state index is 0.264. The molecule has 0 unspecified atom stereocenters. The highest BCUT2D eigenvalue weighted by atomic mass is 32.1. The molecule has 7 heteroatoms. The Labute approximate surface area is 120 Å². The molecule has 6 nitrogen and oxygen atoms in total. The first-order valence-electron chi connectivity index (χ1n) is 6.13. The van der Waals surface area contributed by atoms with Crippen molar-refractivity contribution in [1.82, 2.24) is 9.78 Å².